The van der Waals surface area contributed by atoms with E-state index >= 15 is 0 Å². The van der Waals surface area contributed by atoms with Gasteiger partial charge in [0.2, 0.25) is 0 Å². The van der Waals surface area contributed by atoms with Gasteiger partial charge in [0.25, 0.3) is 0 Å². The first-order chi connectivity index (χ1) is 5.74. The summed E-state index contributed by atoms with van der Waals surface area (Å²) in [7, 11) is 0. The van der Waals surface area contributed by atoms with Crippen LogP contribution >= 0.6 is 0 Å². The van der Waals surface area contributed by atoms with Gasteiger partial charge in [0.05, 0.1) is 0 Å². The second kappa shape index (κ2) is 237. The van der Waals surface area contributed by atoms with Crippen LogP contribution in [0.4, 0.5) is 0 Å². The van der Waals surface area contributed by atoms with Crippen LogP contribution in [-0.2, 0) is 0 Å². The van der Waals surface area contributed by atoms with Crippen LogP contribution in [0.2, 0.25) is 0 Å². The third kappa shape index (κ3) is 836. The van der Waals surface area contributed by atoms with Crippen molar-refractivity contribution in [2.75, 3.05) is 13.1 Å². The van der Waals surface area contributed by atoms with E-state index < -0.39 is 0 Å². The van der Waals surface area contributed by atoms with Crippen LogP contribution in [0, 0.1) is 0 Å². The highest BCUT2D eigenvalue weighted by Crippen LogP contribution is 1.76. The maximum Gasteiger partial charge on any atom is -0.00799 e. The van der Waals surface area contributed by atoms with Crippen molar-refractivity contribution in [2.24, 2.45) is 11.5 Å². The van der Waals surface area contributed by atoms with Gasteiger partial charge in [0.15, 0.2) is 0 Å². The third-order valence-corrected chi connectivity index (χ3v) is 1.08. The molecule has 0 heterocycles. The lowest BCUT2D eigenvalue weighted by Gasteiger charge is -1.70. The monoisotopic (exact) mass is 337 g/mol. The van der Waals surface area contributed by atoms with E-state index in [1.54, 1.807) is 0 Å². The predicted octanol–water partition coefficient (Wildman–Crippen LogP) is 8.88. The molecule has 22 heavy (non-hydrogen) atoms. The second-order valence-electron chi connectivity index (χ2n) is 2.58. The number of unbranched alkanes of at least 4 members (excludes halogenated alkanes) is 1. The molecule has 2 heteroatoms. The molecular weight excluding hydrogens is 268 g/mol. The molecular formula is C20H68N2. The molecule has 0 rings (SSSR count). The summed E-state index contributed by atoms with van der Waals surface area (Å²) in [6.45, 7) is 10.1. The van der Waals surface area contributed by atoms with Crippen LogP contribution < -0.4 is 11.5 Å². The molecule has 0 aliphatic heterocycles. The minimum atomic E-state index is 0. The Balaban J connectivity index is -0.00000000409. The van der Waals surface area contributed by atoms with Crippen molar-refractivity contribution in [3.05, 3.63) is 0 Å². The van der Waals surface area contributed by atoms with Crippen molar-refractivity contribution in [3.63, 3.8) is 0 Å². The molecule has 4 N–H and O–H groups in total. The molecule has 0 fully saturated rings. The van der Waals surface area contributed by atoms with Gasteiger partial charge in [-0.15, -0.1) is 0 Å². The average molecular weight is 337 g/mol. The summed E-state index contributed by atoms with van der Waals surface area (Å²) < 4.78 is 0. The molecule has 0 spiro atoms. The molecule has 0 unspecified atom stereocenters. The third-order valence-electron chi connectivity index (χ3n) is 1.08. The molecule has 0 radical (unpaired) electrons. The Bertz CT molecular complexity index is 25.2. The Morgan fingerprint density at radius 2 is 0.455 bits per heavy atom. The molecule has 0 aromatic carbocycles. The minimum absolute atomic E-state index is 0. The Hall–Kier alpha value is -0.0800. The van der Waals surface area contributed by atoms with E-state index in [0.717, 1.165) is 25.9 Å². The van der Waals surface area contributed by atoms with Crippen molar-refractivity contribution in [2.45, 2.75) is 128 Å². The van der Waals surface area contributed by atoms with Gasteiger partial charge in [-0.25, -0.2) is 0 Å². The number of nitrogens with two attached hydrogens (primary N) is 2. The largest absolute Gasteiger partial charge is 0.330 e. The zero-order valence-corrected chi connectivity index (χ0v) is 9.40. The molecule has 158 valence electrons. The summed E-state index contributed by atoms with van der Waals surface area (Å²) in [6.07, 6.45) is 4.83. The molecule has 0 aliphatic carbocycles. The fourth-order valence-corrected chi connectivity index (χ4v) is 0. The highest BCUT2D eigenvalue weighted by atomic mass is 14.5. The Morgan fingerprint density at radius 1 is 0.364 bits per heavy atom. The van der Waals surface area contributed by atoms with Gasteiger partial charge in [-0.05, 0) is 25.9 Å². The molecule has 2 nitrogen and oxygen atoms in total. The predicted molar refractivity (Wildman–Crippen MR) is 127 cm³/mol. The van der Waals surface area contributed by atoms with Crippen molar-refractivity contribution < 1.29 is 0 Å². The molecule has 0 saturated carbocycles. The zero-order valence-electron chi connectivity index (χ0n) is 9.40. The summed E-state index contributed by atoms with van der Waals surface area (Å²) in [4.78, 5) is 0. The normalized spacial score (nSPS) is 4.09. The van der Waals surface area contributed by atoms with Gasteiger partial charge in [0.1, 0.15) is 0 Å². The smallest absolute Gasteiger partial charge is 0.00799 e. The van der Waals surface area contributed by atoms with Gasteiger partial charge in [0, 0.05) is 0 Å². The topological polar surface area (TPSA) is 52.0 Å². The van der Waals surface area contributed by atoms with Crippen LogP contribution in [0.5, 0.6) is 0 Å². The van der Waals surface area contributed by atoms with E-state index in [-0.39, 0.29) is 74.3 Å². The first-order valence-corrected chi connectivity index (χ1v) is 5.14. The van der Waals surface area contributed by atoms with Gasteiger partial charge < -0.3 is 11.5 Å². The Labute approximate surface area is 152 Å². The zero-order chi connectivity index (χ0) is 10.2. The van der Waals surface area contributed by atoms with Gasteiger partial charge in [-0.2, -0.15) is 0 Å². The lowest BCUT2D eigenvalue weighted by atomic mass is 10.4. The molecule has 0 aliphatic rings. The molecule has 0 atom stereocenters. The molecule has 0 saturated heterocycles. The molecule has 0 bridgehead atoms. The van der Waals surface area contributed by atoms with E-state index in [1.807, 2.05) is 0 Å². The lowest BCUT2D eigenvalue weighted by molar-refractivity contribution is 0.886. The first kappa shape index (κ1) is 121. The summed E-state index contributed by atoms with van der Waals surface area (Å²) >= 11 is 0. The van der Waals surface area contributed by atoms with Crippen LogP contribution in [0.25, 0.3) is 0 Å². The van der Waals surface area contributed by atoms with Crippen molar-refractivity contribution >= 4 is 0 Å². The summed E-state index contributed by atoms with van der Waals surface area (Å²) in [5, 5.41) is 0. The number of rotatable bonds is 3. The van der Waals surface area contributed by atoms with Crippen LogP contribution in [-0.4, -0.2) is 13.1 Å². The van der Waals surface area contributed by atoms with Crippen LogP contribution in [0.1, 0.15) is 128 Å². The molecule has 0 aromatic heterocycles. The van der Waals surface area contributed by atoms with Crippen LogP contribution in [0.3, 0.4) is 0 Å². The van der Waals surface area contributed by atoms with Gasteiger partial charge in [-0.1, -0.05) is 115 Å². The lowest BCUT2D eigenvalue weighted by Crippen LogP contribution is -1.93. The van der Waals surface area contributed by atoms with Gasteiger partial charge >= 0.3 is 0 Å². The summed E-state index contributed by atoms with van der Waals surface area (Å²) in [5.74, 6) is 0. The SMILES string of the molecule is C.C.C.C.C.C.C.C.C.C.CCCC.CCCN.CCCN. The van der Waals surface area contributed by atoms with Gasteiger partial charge in [-0.3, -0.25) is 0 Å². The highest BCUT2D eigenvalue weighted by Gasteiger charge is 1.56. The van der Waals surface area contributed by atoms with Crippen molar-refractivity contribution in [1.82, 2.24) is 0 Å². The van der Waals surface area contributed by atoms with Crippen molar-refractivity contribution in [3.8, 4) is 0 Å². The number of hydrogen-bond donors (Lipinski definition) is 2. The molecule has 0 amide bonds. The van der Waals surface area contributed by atoms with E-state index in [0.29, 0.717) is 0 Å². The Kier molecular flexibility index (Phi) is 1300. The molecule has 0 aromatic rings. The first-order valence-electron chi connectivity index (χ1n) is 5.14. The van der Waals surface area contributed by atoms with E-state index in [9.17, 15) is 0 Å². The van der Waals surface area contributed by atoms with E-state index in [2.05, 4.69) is 27.7 Å². The van der Waals surface area contributed by atoms with Crippen LogP contribution in [0.15, 0.2) is 0 Å². The highest BCUT2D eigenvalue weighted by molar-refractivity contribution is 4.19. The van der Waals surface area contributed by atoms with Crippen molar-refractivity contribution in [1.29, 1.82) is 0 Å². The number of hydrogen-bond acceptors (Lipinski definition) is 2. The summed E-state index contributed by atoms with van der Waals surface area (Å²) in [5.41, 5.74) is 10.1. The Morgan fingerprint density at radius 3 is 0.455 bits per heavy atom. The fourth-order valence-electron chi connectivity index (χ4n) is 0. The maximum absolute atomic E-state index is 5.03. The fraction of sp³-hybridized carbons (Fsp3) is 1.00. The van der Waals surface area contributed by atoms with E-state index in [4.69, 9.17) is 11.5 Å². The second-order valence-corrected chi connectivity index (χ2v) is 2.58. The summed E-state index contributed by atoms with van der Waals surface area (Å²) in [6, 6.07) is 0. The van der Waals surface area contributed by atoms with E-state index in [1.165, 1.54) is 12.8 Å². The maximum atomic E-state index is 5.03. The average Bonchev–Trinajstić information content (AvgIpc) is 2.18. The minimum Gasteiger partial charge on any atom is -0.330 e. The quantitative estimate of drug-likeness (QED) is 0.540. The standard InChI is InChI=1S/C4H10.2C3H9N.10CH4/c1-3-4-2;2*1-2-3-4;;;;;;;;;;/h3-4H2,1-2H3;2*2-4H2,1H3;10*1H4.